The SMILES string of the molecule is COc1cc(OC)c(/C=N\NC(=O)[C@@H](NC(=O)c2ccccc2)c2n[nH]c(=O)c3ccccc23)cc1Br. The first-order valence-corrected chi connectivity index (χ1v) is 11.8. The molecule has 1 heterocycles. The summed E-state index contributed by atoms with van der Waals surface area (Å²) in [6, 6.07) is 17.2. The molecule has 0 spiro atoms. The van der Waals surface area contributed by atoms with E-state index in [-0.39, 0.29) is 5.69 Å². The predicted octanol–water partition coefficient (Wildman–Crippen LogP) is 3.32. The van der Waals surface area contributed by atoms with Gasteiger partial charge in [-0.1, -0.05) is 36.4 Å². The van der Waals surface area contributed by atoms with Crippen LogP contribution >= 0.6 is 15.9 Å². The van der Waals surface area contributed by atoms with Gasteiger partial charge in [0.1, 0.15) is 17.2 Å². The Morgan fingerprint density at radius 1 is 1.00 bits per heavy atom. The van der Waals surface area contributed by atoms with Gasteiger partial charge in [-0.25, -0.2) is 10.5 Å². The standard InChI is InChI=1S/C26H22BrN5O5/c1-36-20-13-21(37-2)19(27)12-16(20)14-28-31-26(35)23(29-24(33)15-8-4-3-5-9-15)22-17-10-6-7-11-18(17)25(34)32-30-22/h3-14,23H,1-2H3,(H,29,33)(H,31,35)(H,32,34)/b28-14-/t23-/m0/s1. The van der Waals surface area contributed by atoms with Crippen molar-refractivity contribution in [3.05, 3.63) is 98.4 Å². The molecule has 0 saturated carbocycles. The first-order valence-electron chi connectivity index (χ1n) is 11.0. The van der Waals surface area contributed by atoms with Crippen molar-refractivity contribution in [3.63, 3.8) is 0 Å². The van der Waals surface area contributed by atoms with Crippen LogP contribution in [0.25, 0.3) is 10.8 Å². The van der Waals surface area contributed by atoms with Gasteiger partial charge in [0.2, 0.25) is 0 Å². The zero-order valence-corrected chi connectivity index (χ0v) is 21.4. The minimum absolute atomic E-state index is 0.164. The molecule has 0 bridgehead atoms. The number of nitrogens with zero attached hydrogens (tertiary/aromatic N) is 2. The van der Waals surface area contributed by atoms with Crippen LogP contribution in [0.3, 0.4) is 0 Å². The van der Waals surface area contributed by atoms with Crippen molar-refractivity contribution >= 4 is 44.7 Å². The second kappa shape index (κ2) is 11.5. The summed E-state index contributed by atoms with van der Waals surface area (Å²) < 4.78 is 11.3. The van der Waals surface area contributed by atoms with Gasteiger partial charge in [0.05, 0.1) is 30.3 Å². The maximum Gasteiger partial charge on any atom is 0.272 e. The molecule has 0 fully saturated rings. The molecule has 10 nitrogen and oxygen atoms in total. The summed E-state index contributed by atoms with van der Waals surface area (Å²) in [4.78, 5) is 38.5. The van der Waals surface area contributed by atoms with Crippen LogP contribution in [-0.2, 0) is 4.79 Å². The molecule has 1 aromatic heterocycles. The Hall–Kier alpha value is -4.51. The lowest BCUT2D eigenvalue weighted by molar-refractivity contribution is -0.123. The quantitative estimate of drug-likeness (QED) is 0.222. The number of methoxy groups -OCH3 is 2. The van der Waals surface area contributed by atoms with Gasteiger partial charge in [-0.3, -0.25) is 14.4 Å². The summed E-state index contributed by atoms with van der Waals surface area (Å²) in [5.74, 6) is -0.127. The van der Waals surface area contributed by atoms with Crippen molar-refractivity contribution in [1.82, 2.24) is 20.9 Å². The number of aromatic nitrogens is 2. The number of rotatable bonds is 8. The fourth-order valence-corrected chi connectivity index (χ4v) is 4.16. The van der Waals surface area contributed by atoms with Gasteiger partial charge in [-0.2, -0.15) is 10.2 Å². The molecule has 2 amide bonds. The van der Waals surface area contributed by atoms with E-state index >= 15 is 0 Å². The summed E-state index contributed by atoms with van der Waals surface area (Å²) in [5.41, 5.74) is 3.11. The van der Waals surface area contributed by atoms with Gasteiger partial charge in [0, 0.05) is 22.6 Å². The molecule has 0 saturated heterocycles. The molecule has 4 rings (SSSR count). The molecule has 3 N–H and O–H groups in total. The summed E-state index contributed by atoms with van der Waals surface area (Å²) in [6.07, 6.45) is 1.40. The number of amides is 2. The molecule has 0 aliphatic heterocycles. The molecule has 11 heteroatoms. The molecule has 0 aliphatic carbocycles. The minimum atomic E-state index is -1.27. The van der Waals surface area contributed by atoms with Crippen molar-refractivity contribution in [2.45, 2.75) is 6.04 Å². The maximum absolute atomic E-state index is 13.3. The minimum Gasteiger partial charge on any atom is -0.496 e. The summed E-state index contributed by atoms with van der Waals surface area (Å²) in [7, 11) is 3.03. The number of nitrogens with one attached hydrogen (secondary N) is 3. The number of benzene rings is 3. The van der Waals surface area contributed by atoms with E-state index in [9.17, 15) is 14.4 Å². The first-order chi connectivity index (χ1) is 17.9. The van der Waals surface area contributed by atoms with E-state index in [1.807, 2.05) is 0 Å². The predicted molar refractivity (Wildman–Crippen MR) is 142 cm³/mol. The summed E-state index contributed by atoms with van der Waals surface area (Å²) in [6.45, 7) is 0. The number of fused-ring (bicyclic) bond motifs is 1. The van der Waals surface area contributed by atoms with Crippen LogP contribution in [-0.4, -0.2) is 42.4 Å². The number of carbonyl (C=O) groups excluding carboxylic acids is 2. The van der Waals surface area contributed by atoms with Crippen LogP contribution < -0.4 is 25.8 Å². The summed E-state index contributed by atoms with van der Waals surface area (Å²) in [5, 5.41) is 14.0. The highest BCUT2D eigenvalue weighted by Crippen LogP contribution is 2.32. The van der Waals surface area contributed by atoms with Crippen molar-refractivity contribution in [1.29, 1.82) is 0 Å². The zero-order valence-electron chi connectivity index (χ0n) is 19.8. The summed E-state index contributed by atoms with van der Waals surface area (Å²) >= 11 is 3.41. The van der Waals surface area contributed by atoms with Crippen LogP contribution in [0.15, 0.2) is 81.1 Å². The Morgan fingerprint density at radius 3 is 2.38 bits per heavy atom. The van der Waals surface area contributed by atoms with E-state index in [0.29, 0.717) is 37.9 Å². The molecule has 3 aromatic carbocycles. The number of ether oxygens (including phenoxy) is 2. The van der Waals surface area contributed by atoms with Crippen molar-refractivity contribution in [2.75, 3.05) is 14.2 Å². The third-order valence-corrected chi connectivity index (χ3v) is 6.07. The van der Waals surface area contributed by atoms with E-state index in [0.717, 1.165) is 0 Å². The fraction of sp³-hybridized carbons (Fsp3) is 0.115. The van der Waals surface area contributed by atoms with Gasteiger partial charge >= 0.3 is 0 Å². The van der Waals surface area contributed by atoms with Gasteiger partial charge in [0.25, 0.3) is 17.4 Å². The number of halogens is 1. The number of hydrazone groups is 1. The smallest absolute Gasteiger partial charge is 0.272 e. The zero-order chi connectivity index (χ0) is 26.4. The second-order valence-electron chi connectivity index (χ2n) is 7.72. The highest BCUT2D eigenvalue weighted by Gasteiger charge is 2.27. The highest BCUT2D eigenvalue weighted by atomic mass is 79.9. The monoisotopic (exact) mass is 563 g/mol. The third kappa shape index (κ3) is 5.67. The Bertz CT molecular complexity index is 1540. The van der Waals surface area contributed by atoms with Crippen LogP contribution in [0.2, 0.25) is 0 Å². The van der Waals surface area contributed by atoms with Gasteiger partial charge < -0.3 is 14.8 Å². The number of hydrogen-bond acceptors (Lipinski definition) is 7. The molecule has 0 aliphatic rings. The number of hydrogen-bond donors (Lipinski definition) is 3. The van der Waals surface area contributed by atoms with Crippen LogP contribution in [0.5, 0.6) is 11.5 Å². The lowest BCUT2D eigenvalue weighted by Gasteiger charge is -2.18. The van der Waals surface area contributed by atoms with Gasteiger partial charge in [-0.15, -0.1) is 0 Å². The fourth-order valence-electron chi connectivity index (χ4n) is 3.63. The topological polar surface area (TPSA) is 135 Å². The van der Waals surface area contributed by atoms with Crippen LogP contribution in [0.4, 0.5) is 0 Å². The van der Waals surface area contributed by atoms with Crippen LogP contribution in [0.1, 0.15) is 27.7 Å². The van der Waals surface area contributed by atoms with E-state index < -0.39 is 23.4 Å². The molecule has 37 heavy (non-hydrogen) atoms. The molecule has 1 atom stereocenters. The highest BCUT2D eigenvalue weighted by molar-refractivity contribution is 9.10. The lowest BCUT2D eigenvalue weighted by atomic mass is 10.0. The molecule has 0 radical (unpaired) electrons. The average Bonchev–Trinajstić information content (AvgIpc) is 2.93. The Kier molecular flexibility index (Phi) is 7.94. The van der Waals surface area contributed by atoms with Gasteiger partial charge in [0.15, 0.2) is 6.04 Å². The Labute approximate surface area is 219 Å². The molecular weight excluding hydrogens is 542 g/mol. The van der Waals surface area contributed by atoms with E-state index in [1.54, 1.807) is 66.7 Å². The van der Waals surface area contributed by atoms with Crippen molar-refractivity contribution < 1.29 is 19.1 Å². The Balaban J connectivity index is 1.67. The lowest BCUT2D eigenvalue weighted by Crippen LogP contribution is -2.40. The van der Waals surface area contributed by atoms with Crippen molar-refractivity contribution in [2.24, 2.45) is 5.10 Å². The Morgan fingerprint density at radius 2 is 1.68 bits per heavy atom. The average molecular weight is 564 g/mol. The first kappa shape index (κ1) is 25.6. The molecule has 0 unspecified atom stereocenters. The number of H-pyrrole nitrogens is 1. The van der Waals surface area contributed by atoms with E-state index in [1.165, 1.54) is 20.4 Å². The largest absolute Gasteiger partial charge is 0.496 e. The van der Waals surface area contributed by atoms with E-state index in [2.05, 4.69) is 42.0 Å². The number of aromatic amines is 1. The third-order valence-electron chi connectivity index (χ3n) is 5.46. The normalized spacial score (nSPS) is 11.8. The second-order valence-corrected chi connectivity index (χ2v) is 8.57. The van der Waals surface area contributed by atoms with Crippen molar-refractivity contribution in [3.8, 4) is 11.5 Å². The molecular formula is C26H22BrN5O5. The van der Waals surface area contributed by atoms with Gasteiger partial charge in [-0.05, 0) is 40.2 Å². The van der Waals surface area contributed by atoms with E-state index in [4.69, 9.17) is 9.47 Å². The van der Waals surface area contributed by atoms with Crippen LogP contribution in [0, 0.1) is 0 Å². The maximum atomic E-state index is 13.3. The molecule has 188 valence electrons. The molecule has 4 aromatic rings. The number of carbonyl (C=O) groups is 2.